The number of fused-ring (bicyclic) bond motifs is 1. The van der Waals surface area contributed by atoms with E-state index >= 15 is 0 Å². The fraction of sp³-hybridized carbons (Fsp3) is 0.231. The largest absolute Gasteiger partial charge is 0.507 e. The summed E-state index contributed by atoms with van der Waals surface area (Å²) >= 11 is 0. The number of hydrogen-bond donors (Lipinski definition) is 2. The maximum absolute atomic E-state index is 12.1. The normalized spacial score (nSPS) is 10.9. The average Bonchev–Trinajstić information content (AvgIpc) is 3.25. The number of nitrogens with zero attached hydrogens (tertiary/aromatic N) is 1. The predicted octanol–water partition coefficient (Wildman–Crippen LogP) is 5.35. The standard InChI is InChI=1S/C26H26N2O4/c1-31-20-13-11-19(12-14-20)26-28-22-17-18(10-15-24(22)32-26)7-3-2-6-16-27-25(30)21-8-4-5-9-23(21)29/h4-5,8-15,17,29H,2-3,6-7,16H2,1H3,(H,27,30). The van der Waals surface area contributed by atoms with E-state index in [2.05, 4.69) is 22.4 Å². The van der Waals surface area contributed by atoms with Crippen LogP contribution in [0.2, 0.25) is 0 Å². The Hall–Kier alpha value is -3.80. The molecule has 0 fully saturated rings. The molecule has 6 heteroatoms. The first kappa shape index (κ1) is 21.4. The smallest absolute Gasteiger partial charge is 0.255 e. The van der Waals surface area contributed by atoms with Gasteiger partial charge in [-0.1, -0.05) is 24.6 Å². The van der Waals surface area contributed by atoms with Crippen LogP contribution in [0.25, 0.3) is 22.6 Å². The minimum atomic E-state index is -0.243. The highest BCUT2D eigenvalue weighted by atomic mass is 16.5. The Morgan fingerprint density at radius 1 is 1.03 bits per heavy atom. The van der Waals surface area contributed by atoms with Crippen LogP contribution in [0.3, 0.4) is 0 Å². The fourth-order valence-corrected chi connectivity index (χ4v) is 3.58. The minimum Gasteiger partial charge on any atom is -0.507 e. The Kier molecular flexibility index (Phi) is 6.70. The van der Waals surface area contributed by atoms with Crippen LogP contribution in [0.15, 0.2) is 71.1 Å². The Bertz CT molecular complexity index is 1200. The van der Waals surface area contributed by atoms with Crippen LogP contribution in [-0.4, -0.2) is 29.7 Å². The number of para-hydroxylation sites is 1. The van der Waals surface area contributed by atoms with Gasteiger partial charge in [0.05, 0.1) is 12.7 Å². The number of rotatable bonds is 9. The van der Waals surface area contributed by atoms with Crippen molar-refractivity contribution in [3.8, 4) is 23.0 Å². The molecule has 0 aliphatic rings. The molecule has 0 saturated heterocycles. The topological polar surface area (TPSA) is 84.6 Å². The number of aryl methyl sites for hydroxylation is 1. The van der Waals surface area contributed by atoms with Gasteiger partial charge in [0.15, 0.2) is 5.58 Å². The van der Waals surface area contributed by atoms with E-state index in [4.69, 9.17) is 9.15 Å². The van der Waals surface area contributed by atoms with Gasteiger partial charge in [-0.2, -0.15) is 0 Å². The molecule has 0 spiro atoms. The Morgan fingerprint density at radius 3 is 2.62 bits per heavy atom. The Morgan fingerprint density at radius 2 is 1.84 bits per heavy atom. The molecule has 0 bridgehead atoms. The number of carbonyl (C=O) groups excluding carboxylic acids is 1. The molecule has 164 valence electrons. The van der Waals surface area contributed by atoms with E-state index in [1.165, 1.54) is 11.6 Å². The van der Waals surface area contributed by atoms with Crippen molar-refractivity contribution in [3.63, 3.8) is 0 Å². The number of carbonyl (C=O) groups is 1. The van der Waals surface area contributed by atoms with Gasteiger partial charge < -0.3 is 19.6 Å². The summed E-state index contributed by atoms with van der Waals surface area (Å²) in [6, 6.07) is 20.3. The van der Waals surface area contributed by atoms with E-state index < -0.39 is 0 Å². The van der Waals surface area contributed by atoms with Crippen LogP contribution in [0.1, 0.15) is 35.2 Å². The maximum atomic E-state index is 12.1. The number of unbranched alkanes of at least 4 members (excludes halogenated alkanes) is 2. The van der Waals surface area contributed by atoms with Crippen LogP contribution in [0.5, 0.6) is 11.5 Å². The monoisotopic (exact) mass is 430 g/mol. The van der Waals surface area contributed by atoms with Gasteiger partial charge in [0.1, 0.15) is 17.0 Å². The van der Waals surface area contributed by atoms with Crippen LogP contribution in [0, 0.1) is 0 Å². The van der Waals surface area contributed by atoms with Crippen LogP contribution >= 0.6 is 0 Å². The quantitative estimate of drug-likeness (QED) is 0.350. The first-order valence-electron chi connectivity index (χ1n) is 10.7. The number of ether oxygens (including phenoxy) is 1. The Labute approximate surface area is 186 Å². The summed E-state index contributed by atoms with van der Waals surface area (Å²) in [5, 5.41) is 12.6. The Balaban J connectivity index is 1.25. The molecule has 1 heterocycles. The zero-order valence-electron chi connectivity index (χ0n) is 18.0. The van der Waals surface area contributed by atoms with Crippen LogP contribution in [-0.2, 0) is 6.42 Å². The summed E-state index contributed by atoms with van der Waals surface area (Å²) in [6.07, 6.45) is 3.83. The first-order chi connectivity index (χ1) is 15.6. The van der Waals surface area contributed by atoms with Gasteiger partial charge in [-0.05, 0) is 73.4 Å². The summed E-state index contributed by atoms with van der Waals surface area (Å²) in [4.78, 5) is 16.7. The lowest BCUT2D eigenvalue weighted by Crippen LogP contribution is -2.24. The van der Waals surface area contributed by atoms with Crippen molar-refractivity contribution < 1.29 is 19.1 Å². The molecule has 4 rings (SSSR count). The second-order valence-electron chi connectivity index (χ2n) is 7.63. The summed E-state index contributed by atoms with van der Waals surface area (Å²) in [6.45, 7) is 0.584. The number of methoxy groups -OCH3 is 1. The fourth-order valence-electron chi connectivity index (χ4n) is 3.58. The lowest BCUT2D eigenvalue weighted by molar-refractivity contribution is 0.0950. The van der Waals surface area contributed by atoms with Crippen molar-refractivity contribution in [1.82, 2.24) is 10.3 Å². The molecule has 0 saturated carbocycles. The molecule has 3 aromatic carbocycles. The number of aromatic nitrogens is 1. The number of phenols is 1. The second-order valence-corrected chi connectivity index (χ2v) is 7.63. The molecule has 4 aromatic rings. The van der Waals surface area contributed by atoms with E-state index in [1.54, 1.807) is 25.3 Å². The van der Waals surface area contributed by atoms with Gasteiger partial charge in [-0.15, -0.1) is 0 Å². The van der Waals surface area contributed by atoms with E-state index in [0.29, 0.717) is 18.0 Å². The highest BCUT2D eigenvalue weighted by molar-refractivity contribution is 5.96. The second kappa shape index (κ2) is 10.0. The molecule has 0 radical (unpaired) electrons. The number of amides is 1. The van der Waals surface area contributed by atoms with E-state index in [-0.39, 0.29) is 11.7 Å². The highest BCUT2D eigenvalue weighted by Crippen LogP contribution is 2.26. The number of oxazole rings is 1. The van der Waals surface area contributed by atoms with Crippen molar-refractivity contribution in [2.45, 2.75) is 25.7 Å². The van der Waals surface area contributed by atoms with Crippen molar-refractivity contribution in [1.29, 1.82) is 0 Å². The zero-order chi connectivity index (χ0) is 22.3. The van der Waals surface area contributed by atoms with Gasteiger partial charge in [-0.3, -0.25) is 4.79 Å². The molecular weight excluding hydrogens is 404 g/mol. The van der Waals surface area contributed by atoms with Crippen LogP contribution in [0.4, 0.5) is 0 Å². The number of nitrogens with one attached hydrogen (secondary N) is 1. The number of phenolic OH excluding ortho intramolecular Hbond substituents is 1. The van der Waals surface area contributed by atoms with Crippen molar-refractivity contribution in [2.24, 2.45) is 0 Å². The van der Waals surface area contributed by atoms with Gasteiger partial charge in [0, 0.05) is 12.1 Å². The zero-order valence-corrected chi connectivity index (χ0v) is 18.0. The molecule has 6 nitrogen and oxygen atoms in total. The van der Waals surface area contributed by atoms with Crippen molar-refractivity contribution >= 4 is 17.0 Å². The van der Waals surface area contributed by atoms with E-state index in [1.807, 2.05) is 30.3 Å². The lowest BCUT2D eigenvalue weighted by atomic mass is 10.1. The molecule has 0 unspecified atom stereocenters. The molecule has 1 aromatic heterocycles. The number of hydrogen-bond acceptors (Lipinski definition) is 5. The summed E-state index contributed by atoms with van der Waals surface area (Å²) < 4.78 is 11.1. The predicted molar refractivity (Wildman–Crippen MR) is 124 cm³/mol. The molecular formula is C26H26N2O4. The van der Waals surface area contributed by atoms with Crippen molar-refractivity contribution in [3.05, 3.63) is 77.9 Å². The van der Waals surface area contributed by atoms with E-state index in [9.17, 15) is 9.90 Å². The van der Waals surface area contributed by atoms with E-state index in [0.717, 1.165) is 48.1 Å². The third kappa shape index (κ3) is 5.09. The molecule has 0 aliphatic carbocycles. The van der Waals surface area contributed by atoms with Gasteiger partial charge >= 0.3 is 0 Å². The van der Waals surface area contributed by atoms with Crippen LogP contribution < -0.4 is 10.1 Å². The third-order valence-electron chi connectivity index (χ3n) is 5.37. The van der Waals surface area contributed by atoms with Crippen molar-refractivity contribution in [2.75, 3.05) is 13.7 Å². The van der Waals surface area contributed by atoms with Gasteiger partial charge in [0.2, 0.25) is 5.89 Å². The summed E-state index contributed by atoms with van der Waals surface area (Å²) in [5.41, 5.74) is 4.05. The summed E-state index contributed by atoms with van der Waals surface area (Å²) in [5.74, 6) is 1.15. The minimum absolute atomic E-state index is 0.00314. The SMILES string of the molecule is COc1ccc(-c2nc3cc(CCCCCNC(=O)c4ccccc4O)ccc3o2)cc1. The molecule has 32 heavy (non-hydrogen) atoms. The third-order valence-corrected chi connectivity index (χ3v) is 5.37. The number of benzene rings is 3. The molecule has 1 amide bonds. The molecule has 0 aliphatic heterocycles. The summed E-state index contributed by atoms with van der Waals surface area (Å²) in [7, 11) is 1.64. The average molecular weight is 431 g/mol. The first-order valence-corrected chi connectivity index (χ1v) is 10.7. The maximum Gasteiger partial charge on any atom is 0.255 e. The molecule has 2 N–H and O–H groups in total. The highest BCUT2D eigenvalue weighted by Gasteiger charge is 2.10. The van der Waals surface area contributed by atoms with Gasteiger partial charge in [-0.25, -0.2) is 4.98 Å². The lowest BCUT2D eigenvalue weighted by Gasteiger charge is -2.06. The van der Waals surface area contributed by atoms with Gasteiger partial charge in [0.25, 0.3) is 5.91 Å². The number of aromatic hydroxyl groups is 1. The molecule has 0 atom stereocenters.